The number of rotatable bonds is 7. The van der Waals surface area contributed by atoms with Gasteiger partial charge in [-0.25, -0.2) is 0 Å². The summed E-state index contributed by atoms with van der Waals surface area (Å²) in [6.45, 7) is 5.11. The Hall–Kier alpha value is -2.85. The number of benzene rings is 1. The molecule has 0 aliphatic carbocycles. The first kappa shape index (κ1) is 21.8. The maximum absolute atomic E-state index is 12.7. The third kappa shape index (κ3) is 4.65. The van der Waals surface area contributed by atoms with Gasteiger partial charge in [0, 0.05) is 24.3 Å². The van der Waals surface area contributed by atoms with E-state index in [0.29, 0.717) is 36.5 Å². The van der Waals surface area contributed by atoms with E-state index in [-0.39, 0.29) is 24.2 Å². The van der Waals surface area contributed by atoms with Gasteiger partial charge in [0.1, 0.15) is 16.8 Å². The van der Waals surface area contributed by atoms with Crippen LogP contribution in [0.4, 0.5) is 5.00 Å². The normalized spacial score (nSPS) is 13.9. The molecule has 158 valence electrons. The molecule has 0 spiro atoms. The number of para-hydroxylation sites is 1. The van der Waals surface area contributed by atoms with E-state index in [0.717, 1.165) is 28.2 Å². The zero-order chi connectivity index (χ0) is 21.7. The number of thiophene rings is 1. The van der Waals surface area contributed by atoms with E-state index < -0.39 is 0 Å². The molecular weight excluding hydrogens is 398 g/mol. The number of fused-ring (bicyclic) bond motifs is 1. The average molecular weight is 426 g/mol. The molecule has 0 radical (unpaired) electrons. The summed E-state index contributed by atoms with van der Waals surface area (Å²) in [4.78, 5) is 27.8. The number of carbonyl (C=O) groups excluding carboxylic acids is 2. The Bertz CT molecular complexity index is 977. The Kier molecular flexibility index (Phi) is 7.11. The molecule has 1 aliphatic heterocycles. The molecule has 3 rings (SSSR count). The molecule has 1 aromatic carbocycles. The Morgan fingerprint density at radius 1 is 1.37 bits per heavy atom. The molecule has 0 unspecified atom stereocenters. The molecule has 7 heteroatoms. The highest BCUT2D eigenvalue weighted by atomic mass is 32.1. The molecule has 1 atom stereocenters. The maximum Gasteiger partial charge on any atom is 0.225 e. The van der Waals surface area contributed by atoms with Crippen LogP contribution in [-0.2, 0) is 22.6 Å². The van der Waals surface area contributed by atoms with Gasteiger partial charge in [-0.05, 0) is 36.0 Å². The van der Waals surface area contributed by atoms with Crippen LogP contribution in [0, 0.1) is 11.3 Å². The van der Waals surface area contributed by atoms with E-state index in [1.807, 2.05) is 43.0 Å². The van der Waals surface area contributed by atoms with Crippen LogP contribution in [0.15, 0.2) is 24.3 Å². The number of hydrogen-bond donors (Lipinski definition) is 1. The van der Waals surface area contributed by atoms with Crippen LogP contribution < -0.4 is 10.1 Å². The van der Waals surface area contributed by atoms with Crippen LogP contribution in [0.3, 0.4) is 0 Å². The second kappa shape index (κ2) is 9.77. The fourth-order valence-corrected chi connectivity index (χ4v) is 5.06. The fraction of sp³-hybridized carbons (Fsp3) is 0.435. The number of nitrogens with one attached hydrogen (secondary N) is 1. The van der Waals surface area contributed by atoms with Gasteiger partial charge in [-0.3, -0.25) is 9.59 Å². The van der Waals surface area contributed by atoms with Crippen molar-refractivity contribution in [1.29, 1.82) is 5.26 Å². The topological polar surface area (TPSA) is 82.4 Å². The molecule has 2 aromatic rings. The number of nitriles is 1. The molecule has 1 aliphatic rings. The van der Waals surface area contributed by atoms with Crippen molar-refractivity contribution in [2.24, 2.45) is 0 Å². The summed E-state index contributed by atoms with van der Waals surface area (Å²) in [6.07, 6.45) is 2.30. The van der Waals surface area contributed by atoms with Crippen molar-refractivity contribution in [3.05, 3.63) is 45.8 Å². The number of anilines is 1. The molecule has 0 saturated heterocycles. The van der Waals surface area contributed by atoms with Crippen molar-refractivity contribution in [1.82, 2.24) is 4.90 Å². The van der Waals surface area contributed by atoms with Crippen molar-refractivity contribution >= 4 is 28.2 Å². The summed E-state index contributed by atoms with van der Waals surface area (Å²) in [5.41, 5.74) is 2.48. The molecule has 2 amide bonds. The van der Waals surface area contributed by atoms with E-state index in [1.54, 1.807) is 7.11 Å². The van der Waals surface area contributed by atoms with Gasteiger partial charge < -0.3 is 15.0 Å². The molecule has 6 nitrogen and oxygen atoms in total. The average Bonchev–Trinajstić information content (AvgIpc) is 3.09. The van der Waals surface area contributed by atoms with Crippen molar-refractivity contribution in [2.75, 3.05) is 19.0 Å². The van der Waals surface area contributed by atoms with Gasteiger partial charge in [-0.1, -0.05) is 32.0 Å². The molecular formula is C23H27N3O3S. The van der Waals surface area contributed by atoms with Gasteiger partial charge in [0.05, 0.1) is 19.2 Å². The second-order valence-electron chi connectivity index (χ2n) is 7.53. The molecule has 1 aromatic heterocycles. The first-order valence-corrected chi connectivity index (χ1v) is 11.0. The van der Waals surface area contributed by atoms with Gasteiger partial charge in [-0.15, -0.1) is 11.3 Å². The number of hydrogen-bond acceptors (Lipinski definition) is 5. The summed E-state index contributed by atoms with van der Waals surface area (Å²) in [6, 6.07) is 9.93. The standard InChI is InChI=1S/C23H27N3O3S/c1-4-7-22(28)26-11-10-17-18(13-24)23(30-20(17)14-26)25-21(27)12-15(2)16-8-5-6-9-19(16)29-3/h5-6,8-9,15H,4,7,10-12,14H2,1-3H3,(H,25,27)/t15-/m0/s1. The Morgan fingerprint density at radius 3 is 2.83 bits per heavy atom. The van der Waals surface area contributed by atoms with Crippen LogP contribution in [0.25, 0.3) is 0 Å². The van der Waals surface area contributed by atoms with Gasteiger partial charge in [0.2, 0.25) is 11.8 Å². The molecule has 0 saturated carbocycles. The lowest BCUT2D eigenvalue weighted by Crippen LogP contribution is -2.35. The minimum atomic E-state index is -0.137. The third-order valence-corrected chi connectivity index (χ3v) is 6.53. The van der Waals surface area contributed by atoms with E-state index in [9.17, 15) is 14.9 Å². The summed E-state index contributed by atoms with van der Waals surface area (Å²) in [5, 5.41) is 13.2. The lowest BCUT2D eigenvalue weighted by atomic mass is 9.96. The second-order valence-corrected chi connectivity index (χ2v) is 8.64. The summed E-state index contributed by atoms with van der Waals surface area (Å²) < 4.78 is 5.40. The van der Waals surface area contributed by atoms with Gasteiger partial charge >= 0.3 is 0 Å². The molecule has 30 heavy (non-hydrogen) atoms. The summed E-state index contributed by atoms with van der Waals surface area (Å²) in [7, 11) is 1.62. The molecule has 2 heterocycles. The van der Waals surface area contributed by atoms with Crippen LogP contribution in [0.2, 0.25) is 0 Å². The fourth-order valence-electron chi connectivity index (χ4n) is 3.83. The first-order chi connectivity index (χ1) is 14.5. The highest BCUT2D eigenvalue weighted by molar-refractivity contribution is 7.16. The third-order valence-electron chi connectivity index (χ3n) is 5.40. The number of carbonyl (C=O) groups is 2. The summed E-state index contributed by atoms with van der Waals surface area (Å²) >= 11 is 1.41. The predicted molar refractivity (Wildman–Crippen MR) is 118 cm³/mol. The van der Waals surface area contributed by atoms with E-state index >= 15 is 0 Å². The van der Waals surface area contributed by atoms with Gasteiger partial charge in [0.25, 0.3) is 0 Å². The van der Waals surface area contributed by atoms with Crippen molar-refractivity contribution in [3.63, 3.8) is 0 Å². The molecule has 0 fully saturated rings. The van der Waals surface area contributed by atoms with E-state index in [2.05, 4.69) is 11.4 Å². The van der Waals surface area contributed by atoms with E-state index in [1.165, 1.54) is 11.3 Å². The lowest BCUT2D eigenvalue weighted by Gasteiger charge is -2.26. The quantitative estimate of drug-likeness (QED) is 0.711. The van der Waals surface area contributed by atoms with Crippen LogP contribution in [0.5, 0.6) is 5.75 Å². The van der Waals surface area contributed by atoms with Gasteiger partial charge in [0.15, 0.2) is 0 Å². The minimum Gasteiger partial charge on any atom is -0.496 e. The molecule has 0 bridgehead atoms. The van der Waals surface area contributed by atoms with Crippen LogP contribution in [-0.4, -0.2) is 30.4 Å². The maximum atomic E-state index is 12.7. The first-order valence-electron chi connectivity index (χ1n) is 10.2. The highest BCUT2D eigenvalue weighted by Gasteiger charge is 2.27. The number of ether oxygens (including phenoxy) is 1. The Morgan fingerprint density at radius 2 is 2.13 bits per heavy atom. The minimum absolute atomic E-state index is 0.0246. The number of nitrogens with zero attached hydrogens (tertiary/aromatic N) is 2. The smallest absolute Gasteiger partial charge is 0.225 e. The number of amides is 2. The van der Waals surface area contributed by atoms with Crippen LogP contribution >= 0.6 is 11.3 Å². The highest BCUT2D eigenvalue weighted by Crippen LogP contribution is 2.37. The predicted octanol–water partition coefficient (Wildman–Crippen LogP) is 4.45. The van der Waals surface area contributed by atoms with Crippen LogP contribution in [0.1, 0.15) is 60.6 Å². The van der Waals surface area contributed by atoms with Crippen molar-refractivity contribution in [3.8, 4) is 11.8 Å². The largest absolute Gasteiger partial charge is 0.496 e. The zero-order valence-electron chi connectivity index (χ0n) is 17.7. The Balaban J connectivity index is 1.72. The van der Waals surface area contributed by atoms with Crippen molar-refractivity contribution < 1.29 is 14.3 Å². The van der Waals surface area contributed by atoms with Crippen molar-refractivity contribution in [2.45, 2.75) is 52.0 Å². The Labute approximate surface area is 181 Å². The van der Waals surface area contributed by atoms with E-state index in [4.69, 9.17) is 4.74 Å². The number of methoxy groups -OCH3 is 1. The van der Waals surface area contributed by atoms with Gasteiger partial charge in [-0.2, -0.15) is 5.26 Å². The SMILES string of the molecule is CCCC(=O)N1CCc2c(sc(NC(=O)C[C@H](C)c3ccccc3OC)c2C#N)C1. The monoisotopic (exact) mass is 425 g/mol. The zero-order valence-corrected chi connectivity index (χ0v) is 18.5. The molecule has 1 N–H and O–H groups in total. The lowest BCUT2D eigenvalue weighted by molar-refractivity contribution is -0.132. The summed E-state index contributed by atoms with van der Waals surface area (Å²) in [5.74, 6) is 0.746.